The number of hydrogen-bond donors (Lipinski definition) is 7. The van der Waals surface area contributed by atoms with Crippen LogP contribution in [0.1, 0.15) is 50.7 Å². The lowest BCUT2D eigenvalue weighted by Crippen LogP contribution is -2.43. The van der Waals surface area contributed by atoms with Gasteiger partial charge in [0.1, 0.15) is 5.65 Å². The summed E-state index contributed by atoms with van der Waals surface area (Å²) in [5, 5.41) is 23.7. The van der Waals surface area contributed by atoms with Gasteiger partial charge in [0.25, 0.3) is 0 Å². The summed E-state index contributed by atoms with van der Waals surface area (Å²) in [6.45, 7) is 4.60. The van der Waals surface area contributed by atoms with Gasteiger partial charge in [0.05, 0.1) is 16.4 Å². The Morgan fingerprint density at radius 1 is 1.19 bits per heavy atom. The molecule has 2 aromatic heterocycles. The maximum absolute atomic E-state index is 15.1. The van der Waals surface area contributed by atoms with Gasteiger partial charge in [0, 0.05) is 48.4 Å². The molecule has 0 saturated carbocycles. The number of rotatable bonds is 14. The van der Waals surface area contributed by atoms with Crippen molar-refractivity contribution >= 4 is 28.6 Å². The molecule has 0 saturated heterocycles. The zero-order valence-electron chi connectivity index (χ0n) is 24.5. The number of aryl methyl sites for hydroxylation is 1. The number of nitrogens with one attached hydrogen (secondary N) is 4. The highest BCUT2D eigenvalue weighted by Gasteiger charge is 2.16. The maximum Gasteiger partial charge on any atom is 0.354 e. The summed E-state index contributed by atoms with van der Waals surface area (Å²) in [6.07, 6.45) is 5.32. The first kappa shape index (κ1) is 32.2. The molecule has 230 valence electrons. The van der Waals surface area contributed by atoms with Crippen LogP contribution in [0.5, 0.6) is 0 Å². The topological polar surface area (TPSA) is 171 Å². The molecule has 0 unspecified atom stereocenters. The van der Waals surface area contributed by atoms with Gasteiger partial charge in [0.2, 0.25) is 0 Å². The maximum atomic E-state index is 15.1. The Hall–Kier alpha value is -3.77. The third-order valence-corrected chi connectivity index (χ3v) is 7.63. The molecule has 2 aromatic carbocycles. The van der Waals surface area contributed by atoms with Crippen LogP contribution >= 0.6 is 11.6 Å². The normalized spacial score (nSPS) is 13.6. The lowest BCUT2D eigenvalue weighted by Gasteiger charge is -2.22. The van der Waals surface area contributed by atoms with Crippen LogP contribution in [0.25, 0.3) is 28.0 Å². The third kappa shape index (κ3) is 8.64. The van der Waals surface area contributed by atoms with Crippen LogP contribution < -0.4 is 27.8 Å². The van der Waals surface area contributed by atoms with Crippen LogP contribution in [0, 0.1) is 11.2 Å². The van der Waals surface area contributed by atoms with E-state index in [-0.39, 0.29) is 35.7 Å². The van der Waals surface area contributed by atoms with Crippen molar-refractivity contribution < 1.29 is 9.50 Å². The Bertz CT molecular complexity index is 1600. The van der Waals surface area contributed by atoms with Crippen molar-refractivity contribution in [3.05, 3.63) is 81.1 Å². The molecule has 12 heteroatoms. The predicted octanol–water partition coefficient (Wildman–Crippen LogP) is 3.95. The van der Waals surface area contributed by atoms with Crippen LogP contribution in [-0.4, -0.2) is 50.3 Å². The fourth-order valence-electron chi connectivity index (χ4n) is 5.14. The van der Waals surface area contributed by atoms with Crippen molar-refractivity contribution in [2.24, 2.45) is 11.5 Å². The number of aliphatic hydroxyl groups is 1. The molecule has 4 rings (SSSR count). The van der Waals surface area contributed by atoms with Crippen molar-refractivity contribution in [1.29, 1.82) is 5.41 Å². The highest BCUT2D eigenvalue weighted by molar-refractivity contribution is 6.31. The number of aliphatic hydroxyl groups excluding tert-OH is 1. The van der Waals surface area contributed by atoms with Crippen molar-refractivity contribution in [2.45, 2.75) is 70.6 Å². The Labute approximate surface area is 255 Å². The summed E-state index contributed by atoms with van der Waals surface area (Å²) in [4.78, 5) is 20.2. The van der Waals surface area contributed by atoms with Crippen LogP contribution in [0.3, 0.4) is 0 Å². The Balaban J connectivity index is 1.48. The first-order valence-electron chi connectivity index (χ1n) is 14.4. The van der Waals surface area contributed by atoms with E-state index in [1.165, 1.54) is 4.57 Å². The van der Waals surface area contributed by atoms with Crippen molar-refractivity contribution in [2.75, 3.05) is 6.61 Å². The van der Waals surface area contributed by atoms with Gasteiger partial charge in [-0.15, -0.1) is 0 Å². The number of aromatic amines is 1. The molecule has 43 heavy (non-hydrogen) atoms. The molecule has 10 nitrogen and oxygen atoms in total. The first-order valence-corrected chi connectivity index (χ1v) is 14.8. The molecule has 0 amide bonds. The molecular formula is C31H40ClFN8O2. The minimum atomic E-state index is -0.531. The number of nitrogens with two attached hydrogens (primary N) is 2. The lowest BCUT2D eigenvalue weighted by atomic mass is 10.0. The van der Waals surface area contributed by atoms with Gasteiger partial charge in [-0.2, -0.15) is 4.98 Å². The van der Waals surface area contributed by atoms with Crippen LogP contribution in [-0.2, 0) is 13.0 Å². The number of H-pyrrole nitrogens is 1. The summed E-state index contributed by atoms with van der Waals surface area (Å²) in [6, 6.07) is 12.9. The van der Waals surface area contributed by atoms with E-state index in [2.05, 4.69) is 20.6 Å². The van der Waals surface area contributed by atoms with E-state index in [4.69, 9.17) is 28.5 Å². The second kappa shape index (κ2) is 14.6. The van der Waals surface area contributed by atoms with Gasteiger partial charge in [0.15, 0.2) is 11.8 Å². The molecule has 0 fully saturated rings. The molecule has 2 heterocycles. The molecule has 0 radical (unpaired) electrons. The number of fused-ring (bicyclic) bond motifs is 1. The summed E-state index contributed by atoms with van der Waals surface area (Å²) in [5.74, 6) is -0.647. The summed E-state index contributed by atoms with van der Waals surface area (Å²) in [7, 11) is 0. The second-order valence-electron chi connectivity index (χ2n) is 11.1. The Kier molecular flexibility index (Phi) is 10.9. The highest BCUT2D eigenvalue weighted by atomic mass is 35.5. The minimum Gasteiger partial charge on any atom is -0.396 e. The van der Waals surface area contributed by atoms with Gasteiger partial charge < -0.3 is 32.2 Å². The molecule has 0 aliphatic carbocycles. The monoisotopic (exact) mass is 610 g/mol. The van der Waals surface area contributed by atoms with Crippen molar-refractivity contribution in [3.8, 4) is 16.9 Å². The van der Waals surface area contributed by atoms with E-state index in [9.17, 15) is 9.90 Å². The van der Waals surface area contributed by atoms with Gasteiger partial charge >= 0.3 is 5.69 Å². The lowest BCUT2D eigenvalue weighted by molar-refractivity contribution is 0.262. The SMILES string of the molecule is C[C@H](N)CCCc1cc(Cl)c(F)c(-c2cc3cn(-c4ccc(CN[C@@H](C)C[C@H](CCO)NC(=N)N)cc4)c(=O)nc3[nH]2)c1. The minimum absolute atomic E-state index is 0.0106. The van der Waals surface area contributed by atoms with Crippen LogP contribution in [0.2, 0.25) is 5.02 Å². The Morgan fingerprint density at radius 3 is 2.60 bits per heavy atom. The number of nitrogens with zero attached hydrogens (tertiary/aromatic N) is 2. The molecular weight excluding hydrogens is 571 g/mol. The molecule has 4 aromatic rings. The zero-order chi connectivity index (χ0) is 31.1. The second-order valence-corrected chi connectivity index (χ2v) is 11.5. The van der Waals surface area contributed by atoms with E-state index in [1.807, 2.05) is 38.1 Å². The Morgan fingerprint density at radius 2 is 1.93 bits per heavy atom. The summed E-state index contributed by atoms with van der Waals surface area (Å²) in [5.41, 5.74) is 14.6. The van der Waals surface area contributed by atoms with E-state index < -0.39 is 11.5 Å². The number of guanidine groups is 1. The van der Waals surface area contributed by atoms with Gasteiger partial charge in [-0.05, 0) is 87.4 Å². The number of aromatic nitrogens is 3. The fourth-order valence-corrected chi connectivity index (χ4v) is 5.38. The number of halogens is 2. The molecule has 0 bridgehead atoms. The van der Waals surface area contributed by atoms with Crippen LogP contribution in [0.15, 0.2) is 53.5 Å². The fraction of sp³-hybridized carbons (Fsp3) is 0.387. The molecule has 0 spiro atoms. The third-order valence-electron chi connectivity index (χ3n) is 7.36. The van der Waals surface area contributed by atoms with E-state index in [1.54, 1.807) is 24.4 Å². The quantitative estimate of drug-likeness (QED) is 0.0837. The average molecular weight is 611 g/mol. The molecule has 0 aliphatic rings. The van der Waals surface area contributed by atoms with Gasteiger partial charge in [-0.1, -0.05) is 23.7 Å². The van der Waals surface area contributed by atoms with E-state index in [0.29, 0.717) is 47.4 Å². The average Bonchev–Trinajstić information content (AvgIpc) is 3.35. The summed E-state index contributed by atoms with van der Waals surface area (Å²) < 4.78 is 16.5. The highest BCUT2D eigenvalue weighted by Crippen LogP contribution is 2.31. The molecule has 0 aliphatic heterocycles. The van der Waals surface area contributed by atoms with Crippen molar-refractivity contribution in [3.63, 3.8) is 0 Å². The van der Waals surface area contributed by atoms with E-state index in [0.717, 1.165) is 30.4 Å². The largest absolute Gasteiger partial charge is 0.396 e. The number of benzene rings is 2. The first-order chi connectivity index (χ1) is 20.5. The standard InChI is InChI=1S/C31H40ClFN8O2/c1-18(34)4-3-5-21-13-25(28(33)26(32)14-21)27-15-22-17-41(31(43)40-29(22)39-27)24-8-6-20(7-9-24)16-37-19(2)12-23(10-11-42)38-30(35)36/h6-9,13-15,17-19,23,37,42H,3-5,10-12,16,34H2,1-2H3,(H4,35,36,38)(H,39,40,43)/t18-,19-,23-/m0/s1. The summed E-state index contributed by atoms with van der Waals surface area (Å²) >= 11 is 6.23. The van der Waals surface area contributed by atoms with Gasteiger partial charge in [-0.25, -0.2) is 9.18 Å². The van der Waals surface area contributed by atoms with Crippen LogP contribution in [0.4, 0.5) is 4.39 Å². The van der Waals surface area contributed by atoms with Crippen molar-refractivity contribution in [1.82, 2.24) is 25.2 Å². The predicted molar refractivity (Wildman–Crippen MR) is 170 cm³/mol. The zero-order valence-corrected chi connectivity index (χ0v) is 25.2. The van der Waals surface area contributed by atoms with E-state index >= 15 is 4.39 Å². The smallest absolute Gasteiger partial charge is 0.354 e. The van der Waals surface area contributed by atoms with Gasteiger partial charge in [-0.3, -0.25) is 9.98 Å². The number of hydrogen-bond acceptors (Lipinski definition) is 6. The molecule has 3 atom stereocenters. The molecule has 9 N–H and O–H groups in total.